The second kappa shape index (κ2) is 9.45. The molecule has 0 unspecified atom stereocenters. The molecule has 1 aliphatic carbocycles. The van der Waals surface area contributed by atoms with Gasteiger partial charge in [0.15, 0.2) is 0 Å². The largest absolute Gasteiger partial charge is 0.481 e. The summed E-state index contributed by atoms with van der Waals surface area (Å²) in [6.07, 6.45) is 18.4. The number of fused-ring (bicyclic) bond motifs is 1. The SMILES string of the molecule is O=C(O)CCCCCCCCCCCC[C@@H]1CC[C@@H]2O[C@H]12. The highest BCUT2D eigenvalue weighted by molar-refractivity contribution is 5.66. The Morgan fingerprint density at radius 3 is 1.90 bits per heavy atom. The molecule has 0 aromatic rings. The average Bonchev–Trinajstić information content (AvgIpc) is 3.14. The Kier molecular flexibility index (Phi) is 7.56. The quantitative estimate of drug-likeness (QED) is 0.387. The van der Waals surface area contributed by atoms with Crippen molar-refractivity contribution in [3.05, 3.63) is 0 Å². The van der Waals surface area contributed by atoms with Crippen molar-refractivity contribution in [2.24, 2.45) is 5.92 Å². The summed E-state index contributed by atoms with van der Waals surface area (Å²) < 4.78 is 5.60. The molecular weight excluding hydrogens is 264 g/mol. The van der Waals surface area contributed by atoms with E-state index in [1.807, 2.05) is 0 Å². The monoisotopic (exact) mass is 296 g/mol. The van der Waals surface area contributed by atoms with E-state index in [2.05, 4.69) is 0 Å². The molecule has 0 spiro atoms. The standard InChI is InChI=1S/C18H32O3/c19-17(20)12-10-8-6-4-2-1-3-5-7-9-11-15-13-14-16-18(15)21-16/h15-16,18H,1-14H2,(H,19,20)/t15-,16+,18-/m1/s1. The van der Waals surface area contributed by atoms with Crippen LogP contribution in [-0.4, -0.2) is 23.3 Å². The van der Waals surface area contributed by atoms with Gasteiger partial charge in [-0.1, -0.05) is 57.8 Å². The maximum Gasteiger partial charge on any atom is 0.303 e. The van der Waals surface area contributed by atoms with Gasteiger partial charge in [0.05, 0.1) is 12.2 Å². The van der Waals surface area contributed by atoms with E-state index in [-0.39, 0.29) is 0 Å². The van der Waals surface area contributed by atoms with Crippen LogP contribution in [0.25, 0.3) is 0 Å². The minimum absolute atomic E-state index is 0.341. The van der Waals surface area contributed by atoms with Crippen LogP contribution in [0.5, 0.6) is 0 Å². The molecule has 2 rings (SSSR count). The Bertz CT molecular complexity index is 303. The first-order chi connectivity index (χ1) is 10.3. The van der Waals surface area contributed by atoms with Gasteiger partial charge in [-0.2, -0.15) is 0 Å². The zero-order valence-electron chi connectivity index (χ0n) is 13.4. The zero-order chi connectivity index (χ0) is 14.9. The van der Waals surface area contributed by atoms with Gasteiger partial charge < -0.3 is 9.84 Å². The summed E-state index contributed by atoms with van der Waals surface area (Å²) in [6.45, 7) is 0. The molecule has 0 aromatic heterocycles. The molecule has 1 aliphatic heterocycles. The molecular formula is C18H32O3. The predicted octanol–water partition coefficient (Wildman–Crippen LogP) is 4.93. The lowest BCUT2D eigenvalue weighted by molar-refractivity contribution is -0.137. The van der Waals surface area contributed by atoms with Crippen LogP contribution >= 0.6 is 0 Å². The van der Waals surface area contributed by atoms with E-state index >= 15 is 0 Å². The Labute approximate surface area is 129 Å². The molecule has 122 valence electrons. The Morgan fingerprint density at radius 2 is 1.43 bits per heavy atom. The van der Waals surface area contributed by atoms with E-state index in [1.54, 1.807) is 0 Å². The predicted molar refractivity (Wildman–Crippen MR) is 84.4 cm³/mol. The van der Waals surface area contributed by atoms with Crippen molar-refractivity contribution in [3.63, 3.8) is 0 Å². The van der Waals surface area contributed by atoms with Gasteiger partial charge in [0, 0.05) is 6.42 Å². The fourth-order valence-electron chi connectivity index (χ4n) is 3.75. The van der Waals surface area contributed by atoms with Crippen molar-refractivity contribution >= 4 is 5.97 Å². The van der Waals surface area contributed by atoms with Gasteiger partial charge in [0.25, 0.3) is 0 Å². The van der Waals surface area contributed by atoms with E-state index in [4.69, 9.17) is 9.84 Å². The number of rotatable bonds is 13. The fourth-order valence-corrected chi connectivity index (χ4v) is 3.75. The van der Waals surface area contributed by atoms with Crippen LogP contribution in [0.1, 0.15) is 89.9 Å². The van der Waals surface area contributed by atoms with Crippen LogP contribution in [0, 0.1) is 5.92 Å². The third kappa shape index (κ3) is 6.82. The molecule has 1 saturated heterocycles. The van der Waals surface area contributed by atoms with E-state index in [0.717, 1.165) is 18.8 Å². The number of epoxide rings is 1. The van der Waals surface area contributed by atoms with E-state index < -0.39 is 5.97 Å². The number of hydrogen-bond acceptors (Lipinski definition) is 2. The lowest BCUT2D eigenvalue weighted by atomic mass is 9.98. The summed E-state index contributed by atoms with van der Waals surface area (Å²) in [7, 11) is 0. The van der Waals surface area contributed by atoms with E-state index in [1.165, 1.54) is 70.6 Å². The van der Waals surface area contributed by atoms with Crippen LogP contribution in [0.4, 0.5) is 0 Å². The second-order valence-electron chi connectivity index (χ2n) is 6.94. The first-order valence-electron chi connectivity index (χ1n) is 9.14. The number of unbranched alkanes of at least 4 members (excludes halogenated alkanes) is 9. The molecule has 0 radical (unpaired) electrons. The highest BCUT2D eigenvalue weighted by Gasteiger charge is 2.49. The third-order valence-electron chi connectivity index (χ3n) is 5.12. The topological polar surface area (TPSA) is 49.8 Å². The molecule has 1 N–H and O–H groups in total. The van der Waals surface area contributed by atoms with Crippen LogP contribution in [0.3, 0.4) is 0 Å². The smallest absolute Gasteiger partial charge is 0.303 e. The van der Waals surface area contributed by atoms with Crippen molar-refractivity contribution in [3.8, 4) is 0 Å². The zero-order valence-corrected chi connectivity index (χ0v) is 13.4. The van der Waals surface area contributed by atoms with Crippen molar-refractivity contribution in [1.82, 2.24) is 0 Å². The van der Waals surface area contributed by atoms with Crippen LogP contribution < -0.4 is 0 Å². The lowest BCUT2D eigenvalue weighted by Gasteiger charge is -2.09. The van der Waals surface area contributed by atoms with Gasteiger partial charge in [-0.15, -0.1) is 0 Å². The maximum absolute atomic E-state index is 10.4. The number of hydrogen-bond donors (Lipinski definition) is 1. The molecule has 1 heterocycles. The third-order valence-corrected chi connectivity index (χ3v) is 5.12. The number of carbonyl (C=O) groups is 1. The van der Waals surface area contributed by atoms with Crippen LogP contribution in [0.2, 0.25) is 0 Å². The van der Waals surface area contributed by atoms with Crippen LogP contribution in [0.15, 0.2) is 0 Å². The molecule has 0 bridgehead atoms. The minimum Gasteiger partial charge on any atom is -0.481 e. The summed E-state index contributed by atoms with van der Waals surface area (Å²) in [5.41, 5.74) is 0. The van der Waals surface area contributed by atoms with Gasteiger partial charge in [0.1, 0.15) is 0 Å². The van der Waals surface area contributed by atoms with Crippen LogP contribution in [-0.2, 0) is 9.53 Å². The molecule has 3 heteroatoms. The summed E-state index contributed by atoms with van der Waals surface area (Å²) in [5, 5.41) is 8.54. The number of carboxylic acid groups (broad SMARTS) is 1. The molecule has 21 heavy (non-hydrogen) atoms. The molecule has 0 aromatic carbocycles. The number of ether oxygens (including phenoxy) is 1. The normalized spacial score (nSPS) is 26.8. The molecule has 2 aliphatic rings. The summed E-state index contributed by atoms with van der Waals surface area (Å²) >= 11 is 0. The number of aliphatic carboxylic acids is 1. The second-order valence-corrected chi connectivity index (χ2v) is 6.94. The molecule has 2 fully saturated rings. The summed E-state index contributed by atoms with van der Waals surface area (Å²) in [6, 6.07) is 0. The fraction of sp³-hybridized carbons (Fsp3) is 0.944. The molecule has 1 saturated carbocycles. The van der Waals surface area contributed by atoms with E-state index in [9.17, 15) is 4.79 Å². The van der Waals surface area contributed by atoms with Gasteiger partial charge in [0.2, 0.25) is 0 Å². The Balaban J connectivity index is 1.26. The van der Waals surface area contributed by atoms with Gasteiger partial charge in [-0.25, -0.2) is 0 Å². The Morgan fingerprint density at radius 1 is 0.857 bits per heavy atom. The van der Waals surface area contributed by atoms with Crippen molar-refractivity contribution in [1.29, 1.82) is 0 Å². The first kappa shape index (κ1) is 16.8. The highest BCUT2D eigenvalue weighted by Crippen LogP contribution is 2.45. The lowest BCUT2D eigenvalue weighted by Crippen LogP contribution is -2.03. The van der Waals surface area contributed by atoms with Gasteiger partial charge >= 0.3 is 5.97 Å². The van der Waals surface area contributed by atoms with Crippen molar-refractivity contribution < 1.29 is 14.6 Å². The van der Waals surface area contributed by atoms with Crippen molar-refractivity contribution in [2.75, 3.05) is 0 Å². The summed E-state index contributed by atoms with van der Waals surface area (Å²) in [4.78, 5) is 10.4. The molecule has 3 atom stereocenters. The molecule has 0 amide bonds. The van der Waals surface area contributed by atoms with Gasteiger partial charge in [-0.3, -0.25) is 4.79 Å². The van der Waals surface area contributed by atoms with Crippen molar-refractivity contribution in [2.45, 2.75) is 102 Å². The van der Waals surface area contributed by atoms with E-state index in [0.29, 0.717) is 18.6 Å². The maximum atomic E-state index is 10.4. The van der Waals surface area contributed by atoms with Gasteiger partial charge in [-0.05, 0) is 31.6 Å². The number of carboxylic acids is 1. The first-order valence-corrected chi connectivity index (χ1v) is 9.14. The Hall–Kier alpha value is -0.570. The average molecular weight is 296 g/mol. The molecule has 3 nitrogen and oxygen atoms in total. The highest BCUT2D eigenvalue weighted by atomic mass is 16.6. The summed E-state index contributed by atoms with van der Waals surface area (Å²) in [5.74, 6) is 0.233. The minimum atomic E-state index is -0.656.